The third-order valence-electron chi connectivity index (χ3n) is 3.70. The average Bonchev–Trinajstić information content (AvgIpc) is 3.15. The monoisotopic (exact) mass is 273 g/mol. The maximum Gasteiger partial charge on any atom is 0.182 e. The van der Waals surface area contributed by atoms with E-state index in [1.165, 1.54) is 19.3 Å². The van der Waals surface area contributed by atoms with Crippen molar-refractivity contribution in [2.45, 2.75) is 32.2 Å². The van der Waals surface area contributed by atoms with Crippen molar-refractivity contribution in [3.05, 3.63) is 18.2 Å². The topological polar surface area (TPSA) is 78.9 Å². The maximum absolute atomic E-state index is 5.93. The molecule has 0 spiro atoms. The van der Waals surface area contributed by atoms with Crippen LogP contribution in [0.3, 0.4) is 0 Å². The van der Waals surface area contributed by atoms with Crippen molar-refractivity contribution < 1.29 is 4.74 Å². The summed E-state index contributed by atoms with van der Waals surface area (Å²) in [6.45, 7) is 0.852. The van der Waals surface area contributed by atoms with Crippen LogP contribution in [-0.2, 0) is 6.54 Å². The van der Waals surface area contributed by atoms with Crippen LogP contribution in [0.5, 0.6) is 5.75 Å². The summed E-state index contributed by atoms with van der Waals surface area (Å²) < 4.78 is 7.01. The highest BCUT2D eigenvalue weighted by Crippen LogP contribution is 2.33. The van der Waals surface area contributed by atoms with E-state index in [4.69, 9.17) is 10.5 Å². The summed E-state index contributed by atoms with van der Waals surface area (Å²) in [6, 6.07) is 5.62. The number of anilines is 1. The lowest BCUT2D eigenvalue weighted by atomic mass is 10.1. The minimum Gasteiger partial charge on any atom is -0.495 e. The Hall–Kier alpha value is -2.11. The number of rotatable bonds is 6. The van der Waals surface area contributed by atoms with Gasteiger partial charge in [-0.25, -0.2) is 4.68 Å². The Morgan fingerprint density at radius 2 is 2.25 bits per heavy atom. The summed E-state index contributed by atoms with van der Waals surface area (Å²) >= 11 is 0. The van der Waals surface area contributed by atoms with Crippen LogP contribution in [0.25, 0.3) is 11.4 Å². The van der Waals surface area contributed by atoms with Crippen molar-refractivity contribution in [3.8, 4) is 17.1 Å². The molecule has 0 saturated heterocycles. The third kappa shape index (κ3) is 2.74. The molecule has 1 heterocycles. The number of nitrogens with zero attached hydrogens (tertiary/aromatic N) is 4. The molecule has 2 N–H and O–H groups in total. The molecule has 1 aliphatic rings. The van der Waals surface area contributed by atoms with E-state index in [0.717, 1.165) is 30.3 Å². The van der Waals surface area contributed by atoms with Gasteiger partial charge in [0.15, 0.2) is 5.82 Å². The quantitative estimate of drug-likeness (QED) is 0.815. The van der Waals surface area contributed by atoms with Crippen LogP contribution in [-0.4, -0.2) is 27.3 Å². The van der Waals surface area contributed by atoms with Crippen molar-refractivity contribution >= 4 is 5.69 Å². The van der Waals surface area contributed by atoms with Gasteiger partial charge in [-0.3, -0.25) is 0 Å². The average molecular weight is 273 g/mol. The largest absolute Gasteiger partial charge is 0.495 e. The van der Waals surface area contributed by atoms with E-state index in [1.807, 2.05) is 22.9 Å². The lowest BCUT2D eigenvalue weighted by Crippen LogP contribution is -2.04. The van der Waals surface area contributed by atoms with Crippen LogP contribution < -0.4 is 10.5 Å². The Balaban J connectivity index is 1.75. The first-order valence-electron chi connectivity index (χ1n) is 6.98. The second-order valence-corrected chi connectivity index (χ2v) is 5.27. The van der Waals surface area contributed by atoms with Gasteiger partial charge in [0.1, 0.15) is 5.75 Å². The number of aryl methyl sites for hydroxylation is 1. The lowest BCUT2D eigenvalue weighted by Gasteiger charge is -2.07. The number of ether oxygens (including phenoxy) is 1. The fourth-order valence-corrected chi connectivity index (χ4v) is 2.37. The summed E-state index contributed by atoms with van der Waals surface area (Å²) in [5, 5.41) is 11.9. The summed E-state index contributed by atoms with van der Waals surface area (Å²) in [7, 11) is 1.60. The number of aromatic nitrogens is 4. The second-order valence-electron chi connectivity index (χ2n) is 5.27. The Bertz CT molecular complexity index is 591. The molecule has 106 valence electrons. The van der Waals surface area contributed by atoms with Gasteiger partial charge in [-0.05, 0) is 47.4 Å². The van der Waals surface area contributed by atoms with Gasteiger partial charge in [0.05, 0.1) is 12.8 Å². The number of tetrazole rings is 1. The summed E-state index contributed by atoms with van der Waals surface area (Å²) in [4.78, 5) is 0. The van der Waals surface area contributed by atoms with Gasteiger partial charge in [0.25, 0.3) is 0 Å². The molecule has 2 aromatic rings. The molecule has 0 unspecified atom stereocenters. The van der Waals surface area contributed by atoms with Crippen LogP contribution in [0.4, 0.5) is 5.69 Å². The van der Waals surface area contributed by atoms with Crippen LogP contribution in [0.2, 0.25) is 0 Å². The lowest BCUT2D eigenvalue weighted by molar-refractivity contribution is 0.417. The van der Waals surface area contributed by atoms with Gasteiger partial charge in [-0.2, -0.15) is 0 Å². The Morgan fingerprint density at radius 1 is 1.40 bits per heavy atom. The summed E-state index contributed by atoms with van der Waals surface area (Å²) in [5.74, 6) is 2.36. The minimum absolute atomic E-state index is 0.595. The molecule has 1 fully saturated rings. The second kappa shape index (κ2) is 5.48. The van der Waals surface area contributed by atoms with E-state index >= 15 is 0 Å². The molecule has 1 aliphatic carbocycles. The first-order valence-corrected chi connectivity index (χ1v) is 6.98. The molecule has 1 saturated carbocycles. The van der Waals surface area contributed by atoms with Crippen LogP contribution in [0.15, 0.2) is 18.2 Å². The number of nitrogens with two attached hydrogens (primary N) is 1. The molecule has 0 aliphatic heterocycles. The first kappa shape index (κ1) is 12.9. The fourth-order valence-electron chi connectivity index (χ4n) is 2.37. The first-order chi connectivity index (χ1) is 9.78. The molecular formula is C14H19N5O. The van der Waals surface area contributed by atoms with Gasteiger partial charge in [0, 0.05) is 12.1 Å². The van der Waals surface area contributed by atoms with E-state index in [-0.39, 0.29) is 0 Å². The number of hydrogen-bond acceptors (Lipinski definition) is 5. The predicted octanol–water partition coefficient (Wildman–Crippen LogP) is 2.12. The van der Waals surface area contributed by atoms with Crippen molar-refractivity contribution in [2.75, 3.05) is 12.8 Å². The molecule has 0 bridgehead atoms. The molecule has 1 aromatic carbocycles. The van der Waals surface area contributed by atoms with Gasteiger partial charge < -0.3 is 10.5 Å². The van der Waals surface area contributed by atoms with Crippen molar-refractivity contribution in [1.82, 2.24) is 20.2 Å². The van der Waals surface area contributed by atoms with E-state index in [9.17, 15) is 0 Å². The predicted molar refractivity (Wildman–Crippen MR) is 76.2 cm³/mol. The zero-order valence-electron chi connectivity index (χ0n) is 11.6. The van der Waals surface area contributed by atoms with Crippen LogP contribution in [0.1, 0.15) is 25.7 Å². The van der Waals surface area contributed by atoms with Gasteiger partial charge in [0.2, 0.25) is 0 Å². The molecular weight excluding hydrogens is 254 g/mol. The SMILES string of the molecule is COc1ccc(-c2nnnn2CCCC2CC2)cc1N. The van der Waals surface area contributed by atoms with Crippen LogP contribution in [0, 0.1) is 5.92 Å². The summed E-state index contributed by atoms with van der Waals surface area (Å²) in [6.07, 6.45) is 5.16. The molecule has 1 aromatic heterocycles. The molecule has 6 nitrogen and oxygen atoms in total. The molecule has 20 heavy (non-hydrogen) atoms. The van der Waals surface area contributed by atoms with Gasteiger partial charge in [-0.15, -0.1) is 5.10 Å². The van der Waals surface area contributed by atoms with Crippen LogP contribution >= 0.6 is 0 Å². The Labute approximate surface area is 117 Å². The zero-order chi connectivity index (χ0) is 13.9. The molecule has 0 amide bonds. The number of methoxy groups -OCH3 is 1. The van der Waals surface area contributed by atoms with E-state index in [2.05, 4.69) is 15.5 Å². The number of hydrogen-bond donors (Lipinski definition) is 1. The summed E-state index contributed by atoms with van der Waals surface area (Å²) in [5.41, 5.74) is 7.44. The fraction of sp³-hybridized carbons (Fsp3) is 0.500. The van der Waals surface area contributed by atoms with Crippen molar-refractivity contribution in [3.63, 3.8) is 0 Å². The third-order valence-corrected chi connectivity index (χ3v) is 3.70. The van der Waals surface area contributed by atoms with Crippen molar-refractivity contribution in [1.29, 1.82) is 0 Å². The molecule has 0 atom stereocenters. The molecule has 3 rings (SSSR count). The Morgan fingerprint density at radius 3 is 2.95 bits per heavy atom. The van der Waals surface area contributed by atoms with Crippen molar-refractivity contribution in [2.24, 2.45) is 5.92 Å². The standard InChI is InChI=1S/C14H19N5O/c1-20-13-7-6-11(9-12(13)15)14-16-17-18-19(14)8-2-3-10-4-5-10/h6-7,9-10H,2-5,8,15H2,1H3. The Kier molecular flexibility index (Phi) is 3.54. The normalized spacial score (nSPS) is 14.4. The molecule has 0 radical (unpaired) electrons. The van der Waals surface area contributed by atoms with E-state index < -0.39 is 0 Å². The van der Waals surface area contributed by atoms with Gasteiger partial charge >= 0.3 is 0 Å². The van der Waals surface area contributed by atoms with E-state index in [0.29, 0.717) is 11.4 Å². The van der Waals surface area contributed by atoms with E-state index in [1.54, 1.807) is 7.11 Å². The molecule has 6 heteroatoms. The maximum atomic E-state index is 5.93. The minimum atomic E-state index is 0.595. The zero-order valence-corrected chi connectivity index (χ0v) is 11.6. The van der Waals surface area contributed by atoms with Gasteiger partial charge in [-0.1, -0.05) is 12.8 Å². The highest BCUT2D eigenvalue weighted by atomic mass is 16.5. The number of benzene rings is 1. The smallest absolute Gasteiger partial charge is 0.182 e. The highest BCUT2D eigenvalue weighted by molar-refractivity contribution is 5.66. The highest BCUT2D eigenvalue weighted by Gasteiger charge is 2.20. The number of nitrogen functional groups attached to an aromatic ring is 1.